The number of rotatable bonds is 4. The number of carbonyl (C=O) groups is 1. The Bertz CT molecular complexity index is 469. The quantitative estimate of drug-likeness (QED) is 0.459. The molecule has 0 aliphatic rings. The minimum absolute atomic E-state index is 0. The van der Waals surface area contributed by atoms with E-state index in [0.29, 0.717) is 18.2 Å². The molecule has 0 heterocycles. The Hall–Kier alpha value is -1.31. The molecule has 1 amide bonds. The van der Waals surface area contributed by atoms with Crippen molar-refractivity contribution in [3.8, 4) is 0 Å². The fraction of sp³-hybridized carbons (Fsp3) is 0.467. The molecule has 0 atom stereocenters. The molecule has 21 heavy (non-hydrogen) atoms. The summed E-state index contributed by atoms with van der Waals surface area (Å²) in [6.07, 6.45) is 0. The van der Waals surface area contributed by atoms with Crippen LogP contribution in [-0.2, 0) is 6.54 Å². The van der Waals surface area contributed by atoms with E-state index in [2.05, 4.69) is 29.5 Å². The first-order chi connectivity index (χ1) is 9.43. The SMILES string of the molecule is CN=C(NCc1ccc(C(=O)N(C)C)cc1)NC(C)C.I. The highest BCUT2D eigenvalue weighted by molar-refractivity contribution is 14.0. The summed E-state index contributed by atoms with van der Waals surface area (Å²) in [5, 5.41) is 6.45. The highest BCUT2D eigenvalue weighted by Gasteiger charge is 2.07. The van der Waals surface area contributed by atoms with Gasteiger partial charge in [0.2, 0.25) is 0 Å². The van der Waals surface area contributed by atoms with Gasteiger partial charge in [0.1, 0.15) is 0 Å². The van der Waals surface area contributed by atoms with Gasteiger partial charge in [0.15, 0.2) is 5.96 Å². The number of halogens is 1. The first-order valence-electron chi connectivity index (χ1n) is 6.71. The lowest BCUT2D eigenvalue weighted by Crippen LogP contribution is -2.40. The highest BCUT2D eigenvalue weighted by atomic mass is 127. The first kappa shape index (κ1) is 19.7. The van der Waals surface area contributed by atoms with E-state index in [4.69, 9.17) is 0 Å². The summed E-state index contributed by atoms with van der Waals surface area (Å²) in [7, 11) is 5.25. The highest BCUT2D eigenvalue weighted by Crippen LogP contribution is 2.06. The van der Waals surface area contributed by atoms with Gasteiger partial charge in [-0.1, -0.05) is 12.1 Å². The molecule has 118 valence electrons. The standard InChI is InChI=1S/C15H24N4O.HI/c1-11(2)18-15(16-3)17-10-12-6-8-13(9-7-12)14(20)19(4)5;/h6-9,11H,10H2,1-5H3,(H2,16,17,18);1H. The summed E-state index contributed by atoms with van der Waals surface area (Å²) < 4.78 is 0. The zero-order valence-electron chi connectivity index (χ0n) is 13.3. The summed E-state index contributed by atoms with van der Waals surface area (Å²) in [4.78, 5) is 17.5. The Labute approximate surface area is 144 Å². The molecule has 0 aliphatic heterocycles. The number of hydrogen-bond acceptors (Lipinski definition) is 2. The molecule has 0 saturated heterocycles. The second kappa shape index (κ2) is 9.59. The fourth-order valence-electron chi connectivity index (χ4n) is 1.68. The van der Waals surface area contributed by atoms with Crippen LogP contribution in [0.2, 0.25) is 0 Å². The topological polar surface area (TPSA) is 56.7 Å². The molecular weight excluding hydrogens is 379 g/mol. The smallest absolute Gasteiger partial charge is 0.253 e. The van der Waals surface area contributed by atoms with Crippen molar-refractivity contribution in [2.24, 2.45) is 4.99 Å². The van der Waals surface area contributed by atoms with Crippen molar-refractivity contribution in [2.45, 2.75) is 26.4 Å². The third kappa shape index (κ3) is 6.79. The Kier molecular flexibility index (Phi) is 9.00. The van der Waals surface area contributed by atoms with Gasteiger partial charge in [0, 0.05) is 39.3 Å². The van der Waals surface area contributed by atoms with Gasteiger partial charge in [-0.25, -0.2) is 0 Å². The second-order valence-electron chi connectivity index (χ2n) is 5.12. The largest absolute Gasteiger partial charge is 0.354 e. The summed E-state index contributed by atoms with van der Waals surface area (Å²) in [6.45, 7) is 4.80. The number of carbonyl (C=O) groups excluding carboxylic acids is 1. The van der Waals surface area contributed by atoms with E-state index in [9.17, 15) is 4.79 Å². The van der Waals surface area contributed by atoms with Crippen LogP contribution >= 0.6 is 24.0 Å². The van der Waals surface area contributed by atoms with Crippen LogP contribution in [0.25, 0.3) is 0 Å². The van der Waals surface area contributed by atoms with Gasteiger partial charge in [0.25, 0.3) is 5.91 Å². The lowest BCUT2D eigenvalue weighted by atomic mass is 10.1. The monoisotopic (exact) mass is 404 g/mol. The first-order valence-corrected chi connectivity index (χ1v) is 6.71. The van der Waals surface area contributed by atoms with Crippen LogP contribution < -0.4 is 10.6 Å². The number of amides is 1. The summed E-state index contributed by atoms with van der Waals surface area (Å²) >= 11 is 0. The van der Waals surface area contributed by atoms with Crippen molar-refractivity contribution in [3.63, 3.8) is 0 Å². The van der Waals surface area contributed by atoms with Crippen LogP contribution in [0.15, 0.2) is 29.3 Å². The third-order valence-electron chi connectivity index (χ3n) is 2.72. The molecule has 0 aromatic heterocycles. The molecule has 0 radical (unpaired) electrons. The molecule has 0 fully saturated rings. The van der Waals surface area contributed by atoms with E-state index < -0.39 is 0 Å². The maximum Gasteiger partial charge on any atom is 0.253 e. The van der Waals surface area contributed by atoms with Gasteiger partial charge < -0.3 is 15.5 Å². The summed E-state index contributed by atoms with van der Waals surface area (Å²) in [5.74, 6) is 0.787. The Morgan fingerprint density at radius 2 is 1.81 bits per heavy atom. The van der Waals surface area contributed by atoms with Gasteiger partial charge in [-0.3, -0.25) is 9.79 Å². The number of guanidine groups is 1. The normalized spacial score (nSPS) is 10.9. The molecule has 0 aliphatic carbocycles. The van der Waals surface area contributed by atoms with Gasteiger partial charge in [-0.15, -0.1) is 24.0 Å². The number of benzene rings is 1. The molecule has 0 bridgehead atoms. The summed E-state index contributed by atoms with van der Waals surface area (Å²) in [6, 6.07) is 7.93. The van der Waals surface area contributed by atoms with Crippen molar-refractivity contribution in [1.82, 2.24) is 15.5 Å². The predicted octanol–water partition coefficient (Wildman–Crippen LogP) is 2.08. The maximum absolute atomic E-state index is 11.8. The molecule has 1 aromatic rings. The number of aliphatic imine (C=N–C) groups is 1. The van der Waals surface area contributed by atoms with Crippen LogP contribution in [-0.4, -0.2) is 44.0 Å². The average molecular weight is 404 g/mol. The lowest BCUT2D eigenvalue weighted by molar-refractivity contribution is 0.0827. The average Bonchev–Trinajstić information content (AvgIpc) is 2.42. The zero-order valence-corrected chi connectivity index (χ0v) is 15.6. The molecule has 0 unspecified atom stereocenters. The third-order valence-corrected chi connectivity index (χ3v) is 2.72. The molecule has 5 nitrogen and oxygen atoms in total. The minimum atomic E-state index is 0. The van der Waals surface area contributed by atoms with Crippen LogP contribution in [0.3, 0.4) is 0 Å². The molecular formula is C15H25IN4O. The van der Waals surface area contributed by atoms with Crippen molar-refractivity contribution in [2.75, 3.05) is 21.1 Å². The van der Waals surface area contributed by atoms with Crippen LogP contribution in [0.5, 0.6) is 0 Å². The molecule has 1 aromatic carbocycles. The summed E-state index contributed by atoms with van der Waals surface area (Å²) in [5.41, 5.74) is 1.80. The molecule has 1 rings (SSSR count). The van der Waals surface area contributed by atoms with Gasteiger partial charge in [0.05, 0.1) is 0 Å². The van der Waals surface area contributed by atoms with Crippen LogP contribution in [0.1, 0.15) is 29.8 Å². The second-order valence-corrected chi connectivity index (χ2v) is 5.12. The van der Waals surface area contributed by atoms with Crippen molar-refractivity contribution in [3.05, 3.63) is 35.4 Å². The minimum Gasteiger partial charge on any atom is -0.354 e. The predicted molar refractivity (Wildman–Crippen MR) is 98.3 cm³/mol. The molecule has 0 spiro atoms. The van der Waals surface area contributed by atoms with E-state index >= 15 is 0 Å². The van der Waals surface area contributed by atoms with E-state index in [1.807, 2.05) is 24.3 Å². The van der Waals surface area contributed by atoms with Gasteiger partial charge in [-0.2, -0.15) is 0 Å². The number of nitrogens with one attached hydrogen (secondary N) is 2. The van der Waals surface area contributed by atoms with E-state index in [-0.39, 0.29) is 29.9 Å². The molecule has 0 saturated carbocycles. The zero-order chi connectivity index (χ0) is 15.1. The maximum atomic E-state index is 11.8. The van der Waals surface area contributed by atoms with E-state index in [1.54, 1.807) is 26.0 Å². The van der Waals surface area contributed by atoms with Crippen molar-refractivity contribution < 1.29 is 4.79 Å². The number of nitrogens with zero attached hydrogens (tertiary/aromatic N) is 2. The van der Waals surface area contributed by atoms with Crippen LogP contribution in [0, 0.1) is 0 Å². The Morgan fingerprint density at radius 3 is 2.24 bits per heavy atom. The van der Waals surface area contributed by atoms with E-state index in [1.165, 1.54) is 0 Å². The molecule has 2 N–H and O–H groups in total. The molecule has 6 heteroatoms. The van der Waals surface area contributed by atoms with Gasteiger partial charge >= 0.3 is 0 Å². The van der Waals surface area contributed by atoms with E-state index in [0.717, 1.165) is 11.5 Å². The Morgan fingerprint density at radius 1 is 1.24 bits per heavy atom. The Balaban J connectivity index is 0.00000400. The van der Waals surface area contributed by atoms with Crippen molar-refractivity contribution in [1.29, 1.82) is 0 Å². The lowest BCUT2D eigenvalue weighted by Gasteiger charge is -2.15. The van der Waals surface area contributed by atoms with Crippen LogP contribution in [0.4, 0.5) is 0 Å². The fourth-order valence-corrected chi connectivity index (χ4v) is 1.68. The van der Waals surface area contributed by atoms with Gasteiger partial charge in [-0.05, 0) is 31.5 Å². The number of hydrogen-bond donors (Lipinski definition) is 2. The van der Waals surface area contributed by atoms with Crippen molar-refractivity contribution >= 4 is 35.8 Å².